The van der Waals surface area contributed by atoms with E-state index in [0.29, 0.717) is 10.8 Å². The third-order valence-electron chi connectivity index (χ3n) is 7.20. The number of hydrogen-bond acceptors (Lipinski definition) is 1. The van der Waals surface area contributed by atoms with Crippen LogP contribution in [-0.2, 0) is 0 Å². The van der Waals surface area contributed by atoms with Gasteiger partial charge in [-0.2, -0.15) is 0 Å². The summed E-state index contributed by atoms with van der Waals surface area (Å²) in [4.78, 5) is 0. The summed E-state index contributed by atoms with van der Waals surface area (Å²) < 4.78 is 0. The molecule has 0 aromatic heterocycles. The molecule has 0 saturated heterocycles. The Balaban J connectivity index is 2.05. The molecule has 1 heteroatoms. The molecular formula is C23H40O. The van der Waals surface area contributed by atoms with Crippen LogP contribution < -0.4 is 0 Å². The van der Waals surface area contributed by atoms with E-state index in [2.05, 4.69) is 46.8 Å². The highest BCUT2D eigenvalue weighted by Crippen LogP contribution is 2.60. The summed E-state index contributed by atoms with van der Waals surface area (Å²) in [6, 6.07) is 0. The first-order chi connectivity index (χ1) is 11.2. The molecule has 0 unspecified atom stereocenters. The number of fused-ring (bicyclic) bond motifs is 1. The average molecular weight is 333 g/mol. The molecule has 1 fully saturated rings. The first-order valence-corrected chi connectivity index (χ1v) is 10.2. The Morgan fingerprint density at radius 3 is 2.71 bits per heavy atom. The van der Waals surface area contributed by atoms with E-state index in [-0.39, 0.29) is 6.10 Å². The van der Waals surface area contributed by atoms with Crippen LogP contribution in [0.15, 0.2) is 23.3 Å². The van der Waals surface area contributed by atoms with Crippen molar-refractivity contribution in [1.82, 2.24) is 0 Å². The van der Waals surface area contributed by atoms with E-state index >= 15 is 0 Å². The molecule has 0 spiro atoms. The van der Waals surface area contributed by atoms with E-state index < -0.39 is 0 Å². The summed E-state index contributed by atoms with van der Waals surface area (Å²) in [6.45, 7) is 14.1. The molecule has 0 heterocycles. The second kappa shape index (κ2) is 7.77. The molecular weight excluding hydrogens is 292 g/mol. The minimum atomic E-state index is -0.179. The molecule has 2 aliphatic carbocycles. The minimum Gasteiger partial charge on any atom is -0.393 e. The van der Waals surface area contributed by atoms with Gasteiger partial charge < -0.3 is 5.11 Å². The van der Waals surface area contributed by atoms with E-state index in [4.69, 9.17) is 0 Å². The predicted molar refractivity (Wildman–Crippen MR) is 105 cm³/mol. The van der Waals surface area contributed by atoms with E-state index in [0.717, 1.165) is 24.7 Å². The zero-order chi connectivity index (χ0) is 18.0. The van der Waals surface area contributed by atoms with Gasteiger partial charge in [-0.1, -0.05) is 50.5 Å². The minimum absolute atomic E-state index is 0.179. The Bertz CT molecular complexity index is 482. The molecule has 2 rings (SSSR count). The van der Waals surface area contributed by atoms with Crippen molar-refractivity contribution in [2.45, 2.75) is 99.0 Å². The van der Waals surface area contributed by atoms with Crippen molar-refractivity contribution in [2.24, 2.45) is 22.7 Å². The molecule has 1 N–H and O–H groups in total. The van der Waals surface area contributed by atoms with Crippen molar-refractivity contribution in [3.8, 4) is 0 Å². The highest BCUT2D eigenvalue weighted by molar-refractivity contribution is 5.19. The largest absolute Gasteiger partial charge is 0.393 e. The number of aliphatic hydroxyl groups is 1. The van der Waals surface area contributed by atoms with Gasteiger partial charge in [0, 0.05) is 0 Å². The third-order valence-corrected chi connectivity index (χ3v) is 7.20. The molecule has 2 aliphatic rings. The van der Waals surface area contributed by atoms with E-state index in [9.17, 15) is 5.11 Å². The Hall–Kier alpha value is -0.560. The molecule has 138 valence electrons. The van der Waals surface area contributed by atoms with Crippen LogP contribution in [0.3, 0.4) is 0 Å². The first-order valence-electron chi connectivity index (χ1n) is 10.2. The highest BCUT2D eigenvalue weighted by Gasteiger charge is 2.51. The molecule has 0 radical (unpaired) electrons. The molecule has 24 heavy (non-hydrogen) atoms. The topological polar surface area (TPSA) is 20.2 Å². The summed E-state index contributed by atoms with van der Waals surface area (Å²) in [5.74, 6) is 1.59. The van der Waals surface area contributed by atoms with Gasteiger partial charge in [-0.3, -0.25) is 0 Å². The van der Waals surface area contributed by atoms with Gasteiger partial charge in [-0.15, -0.1) is 0 Å². The zero-order valence-corrected chi connectivity index (χ0v) is 17.0. The Morgan fingerprint density at radius 1 is 1.33 bits per heavy atom. The van der Waals surface area contributed by atoms with Gasteiger partial charge in [0.15, 0.2) is 0 Å². The van der Waals surface area contributed by atoms with Gasteiger partial charge in [0.1, 0.15) is 0 Å². The first kappa shape index (κ1) is 19.8. The summed E-state index contributed by atoms with van der Waals surface area (Å²) in [5, 5.41) is 9.41. The maximum atomic E-state index is 9.41. The van der Waals surface area contributed by atoms with Crippen LogP contribution in [0.2, 0.25) is 0 Å². The van der Waals surface area contributed by atoms with E-state index in [1.807, 2.05) is 6.92 Å². The lowest BCUT2D eigenvalue weighted by atomic mass is 9.48. The van der Waals surface area contributed by atoms with Crippen molar-refractivity contribution < 1.29 is 5.11 Å². The number of allylic oxidation sites excluding steroid dienone is 4. The Morgan fingerprint density at radius 2 is 2.04 bits per heavy atom. The Labute approximate surface area is 150 Å². The summed E-state index contributed by atoms with van der Waals surface area (Å²) in [5.41, 5.74) is 4.12. The average Bonchev–Trinajstić information content (AvgIpc) is 2.45. The van der Waals surface area contributed by atoms with Gasteiger partial charge in [0.05, 0.1) is 6.10 Å². The quantitative estimate of drug-likeness (QED) is 0.538. The van der Waals surface area contributed by atoms with Crippen LogP contribution in [0, 0.1) is 22.7 Å². The molecule has 0 aromatic carbocycles. The maximum absolute atomic E-state index is 9.41. The standard InChI is InChI=1S/C23H40O/c1-17(9-7-10-19(3)24)11-13-20-18(2)12-14-21-22(4,5)15-8-16-23(20,21)6/h9,12,19-21,24H,7-8,10-11,13-16H2,1-6H3/b17-9+/t19-,20+,21-,23+/m0/s1. The number of aliphatic hydroxyl groups excluding tert-OH is 1. The van der Waals surface area contributed by atoms with Crippen LogP contribution in [0.25, 0.3) is 0 Å². The van der Waals surface area contributed by atoms with Crippen molar-refractivity contribution in [3.05, 3.63) is 23.3 Å². The fraction of sp³-hybridized carbons (Fsp3) is 0.826. The van der Waals surface area contributed by atoms with Crippen LogP contribution in [0.4, 0.5) is 0 Å². The zero-order valence-electron chi connectivity index (χ0n) is 17.0. The number of rotatable bonds is 6. The number of hydrogen-bond donors (Lipinski definition) is 1. The fourth-order valence-corrected chi connectivity index (χ4v) is 5.74. The smallest absolute Gasteiger partial charge is 0.0515 e. The lowest BCUT2D eigenvalue weighted by Gasteiger charge is -2.57. The monoisotopic (exact) mass is 332 g/mol. The highest BCUT2D eigenvalue weighted by atomic mass is 16.3. The molecule has 0 aliphatic heterocycles. The molecule has 0 bridgehead atoms. The van der Waals surface area contributed by atoms with Crippen LogP contribution in [-0.4, -0.2) is 11.2 Å². The van der Waals surface area contributed by atoms with Crippen molar-refractivity contribution >= 4 is 0 Å². The lowest BCUT2D eigenvalue weighted by molar-refractivity contribution is -0.0390. The predicted octanol–water partition coefficient (Wildman–Crippen LogP) is 6.67. The SMILES string of the molecule is CC1=CC[C@H]2C(C)(C)CCC[C@]2(C)[C@@H]1CC/C(C)=C/CC[C@H](C)O. The van der Waals surface area contributed by atoms with Gasteiger partial charge >= 0.3 is 0 Å². The fourth-order valence-electron chi connectivity index (χ4n) is 5.74. The molecule has 4 atom stereocenters. The van der Waals surface area contributed by atoms with Gasteiger partial charge in [-0.05, 0) is 88.4 Å². The van der Waals surface area contributed by atoms with Gasteiger partial charge in [0.25, 0.3) is 0 Å². The molecule has 0 amide bonds. The summed E-state index contributed by atoms with van der Waals surface area (Å²) >= 11 is 0. The van der Waals surface area contributed by atoms with E-state index in [1.54, 1.807) is 5.57 Å². The normalized spacial score (nSPS) is 34.5. The summed E-state index contributed by atoms with van der Waals surface area (Å²) in [6.07, 6.45) is 14.6. The molecule has 1 saturated carbocycles. The van der Waals surface area contributed by atoms with Crippen molar-refractivity contribution in [2.75, 3.05) is 0 Å². The third kappa shape index (κ3) is 4.34. The van der Waals surface area contributed by atoms with Crippen LogP contribution in [0.5, 0.6) is 0 Å². The van der Waals surface area contributed by atoms with Crippen molar-refractivity contribution in [1.29, 1.82) is 0 Å². The Kier molecular flexibility index (Phi) is 6.40. The lowest BCUT2D eigenvalue weighted by Crippen LogP contribution is -2.48. The van der Waals surface area contributed by atoms with Crippen LogP contribution in [0.1, 0.15) is 92.9 Å². The van der Waals surface area contributed by atoms with Crippen LogP contribution >= 0.6 is 0 Å². The second-order valence-electron chi connectivity index (χ2n) is 9.65. The second-order valence-corrected chi connectivity index (χ2v) is 9.65. The van der Waals surface area contributed by atoms with E-state index in [1.165, 1.54) is 44.1 Å². The maximum Gasteiger partial charge on any atom is 0.0515 e. The van der Waals surface area contributed by atoms with Gasteiger partial charge in [0.2, 0.25) is 0 Å². The molecule has 1 nitrogen and oxygen atoms in total. The van der Waals surface area contributed by atoms with Gasteiger partial charge in [-0.25, -0.2) is 0 Å². The molecule has 0 aromatic rings. The van der Waals surface area contributed by atoms with Crippen molar-refractivity contribution in [3.63, 3.8) is 0 Å². The summed E-state index contributed by atoms with van der Waals surface area (Å²) in [7, 11) is 0.